The van der Waals surface area contributed by atoms with Gasteiger partial charge in [-0.2, -0.15) is 0 Å². The summed E-state index contributed by atoms with van der Waals surface area (Å²) < 4.78 is 26.0. The van der Waals surface area contributed by atoms with E-state index >= 15 is 0 Å². The van der Waals surface area contributed by atoms with E-state index in [0.29, 0.717) is 5.69 Å². The highest BCUT2D eigenvalue weighted by atomic mass is 32.2. The van der Waals surface area contributed by atoms with E-state index in [1.807, 2.05) is 52.8 Å². The maximum Gasteiger partial charge on any atom is 0.241 e. The maximum absolute atomic E-state index is 12.8. The van der Waals surface area contributed by atoms with E-state index in [4.69, 9.17) is 0 Å². The molecule has 5 nitrogen and oxygen atoms in total. The molecule has 2 rings (SSSR count). The average Bonchev–Trinajstić information content (AvgIpc) is 2.60. The number of amides is 1. The summed E-state index contributed by atoms with van der Waals surface area (Å²) >= 11 is 0. The Morgan fingerprint density at radius 2 is 1.75 bits per heavy atom. The number of carbonyl (C=O) groups excluding carboxylic acids is 1. The summed E-state index contributed by atoms with van der Waals surface area (Å²) in [6, 6.07) is 11.4. The third-order valence-corrected chi connectivity index (χ3v) is 6.20. The summed E-state index contributed by atoms with van der Waals surface area (Å²) in [4.78, 5) is 12.8. The van der Waals surface area contributed by atoms with Crippen LogP contribution >= 0.6 is 0 Å². The molecule has 0 spiro atoms. The van der Waals surface area contributed by atoms with Gasteiger partial charge in [0, 0.05) is 0 Å². The summed E-state index contributed by atoms with van der Waals surface area (Å²) in [6.45, 7) is 9.60. The Bertz CT molecular complexity index is 968. The molecule has 0 radical (unpaired) electrons. The van der Waals surface area contributed by atoms with Crippen LogP contribution in [-0.2, 0) is 14.8 Å². The smallest absolute Gasteiger partial charge is 0.241 e. The normalized spacial score (nSPS) is 12.5. The molecule has 0 aliphatic rings. The lowest BCUT2D eigenvalue weighted by atomic mass is 9.97. The minimum absolute atomic E-state index is 0.159. The molecule has 2 aromatic rings. The Morgan fingerprint density at radius 1 is 1.07 bits per heavy atom. The second-order valence-electron chi connectivity index (χ2n) is 7.38. The van der Waals surface area contributed by atoms with E-state index in [2.05, 4.69) is 11.4 Å². The molecule has 1 unspecified atom stereocenters. The molecule has 6 heteroatoms. The first-order chi connectivity index (χ1) is 13.0. The molecule has 0 aromatic heterocycles. The third kappa shape index (κ3) is 5.13. The Kier molecular flexibility index (Phi) is 6.88. The Labute approximate surface area is 168 Å². The molecule has 152 valence electrons. The fraction of sp³-hybridized carbons (Fsp3) is 0.409. The van der Waals surface area contributed by atoms with E-state index in [9.17, 15) is 13.2 Å². The monoisotopic (exact) mass is 402 g/mol. The van der Waals surface area contributed by atoms with Crippen molar-refractivity contribution in [2.75, 3.05) is 17.1 Å². The number of rotatable bonds is 7. The highest BCUT2D eigenvalue weighted by Crippen LogP contribution is 2.25. The number of aryl methyl sites for hydroxylation is 3. The van der Waals surface area contributed by atoms with Crippen LogP contribution in [-0.4, -0.2) is 27.1 Å². The molecule has 1 atom stereocenters. The van der Waals surface area contributed by atoms with Crippen molar-refractivity contribution < 1.29 is 13.2 Å². The van der Waals surface area contributed by atoms with Gasteiger partial charge in [-0.3, -0.25) is 9.10 Å². The van der Waals surface area contributed by atoms with Crippen LogP contribution in [0.3, 0.4) is 0 Å². The lowest BCUT2D eigenvalue weighted by molar-refractivity contribution is -0.120. The fourth-order valence-electron chi connectivity index (χ4n) is 3.37. The third-order valence-electron chi connectivity index (χ3n) is 5.08. The first kappa shape index (κ1) is 22.0. The van der Waals surface area contributed by atoms with Crippen molar-refractivity contribution in [3.63, 3.8) is 0 Å². The van der Waals surface area contributed by atoms with Gasteiger partial charge in [-0.15, -0.1) is 0 Å². The van der Waals surface area contributed by atoms with Crippen LogP contribution in [0.25, 0.3) is 0 Å². The largest absolute Gasteiger partial charge is 0.348 e. The number of hydrogen-bond donors (Lipinski definition) is 1. The van der Waals surface area contributed by atoms with Gasteiger partial charge in [0.2, 0.25) is 15.9 Å². The molecule has 2 aromatic carbocycles. The van der Waals surface area contributed by atoms with Gasteiger partial charge in [0.1, 0.15) is 6.54 Å². The van der Waals surface area contributed by atoms with Crippen LogP contribution in [0.2, 0.25) is 0 Å². The molecule has 0 aliphatic heterocycles. The minimum Gasteiger partial charge on any atom is -0.348 e. The van der Waals surface area contributed by atoms with Gasteiger partial charge < -0.3 is 5.32 Å². The van der Waals surface area contributed by atoms with Crippen molar-refractivity contribution >= 4 is 21.6 Å². The van der Waals surface area contributed by atoms with E-state index in [0.717, 1.165) is 34.9 Å². The zero-order valence-corrected chi connectivity index (χ0v) is 18.4. The number of anilines is 1. The van der Waals surface area contributed by atoms with Crippen molar-refractivity contribution in [2.45, 2.75) is 47.1 Å². The van der Waals surface area contributed by atoms with Gasteiger partial charge in [0.25, 0.3) is 0 Å². The molecule has 0 saturated carbocycles. The van der Waals surface area contributed by atoms with E-state index in [1.165, 1.54) is 9.87 Å². The van der Waals surface area contributed by atoms with E-state index in [-0.39, 0.29) is 18.5 Å². The zero-order valence-electron chi connectivity index (χ0n) is 17.5. The molecular weight excluding hydrogens is 372 g/mol. The molecule has 1 amide bonds. The quantitative estimate of drug-likeness (QED) is 0.762. The molecule has 1 N–H and O–H groups in total. The Morgan fingerprint density at radius 3 is 2.32 bits per heavy atom. The van der Waals surface area contributed by atoms with E-state index in [1.54, 1.807) is 12.1 Å². The SMILES string of the molecule is CCC(NC(=O)CN(c1cccc(C)c1C)S(C)(=O)=O)c1ccc(C)cc1C. The summed E-state index contributed by atoms with van der Waals surface area (Å²) in [5.74, 6) is -0.321. The van der Waals surface area contributed by atoms with Gasteiger partial charge in [-0.05, 0) is 62.4 Å². The predicted molar refractivity (Wildman–Crippen MR) is 115 cm³/mol. The maximum atomic E-state index is 12.8. The van der Waals surface area contributed by atoms with Crippen LogP contribution in [0.1, 0.15) is 47.2 Å². The van der Waals surface area contributed by atoms with Crippen molar-refractivity contribution in [1.29, 1.82) is 0 Å². The summed E-state index contributed by atoms with van der Waals surface area (Å²) in [6.07, 6.45) is 1.85. The second kappa shape index (κ2) is 8.78. The van der Waals surface area contributed by atoms with Crippen LogP contribution in [0.5, 0.6) is 0 Å². The molecule has 0 heterocycles. The Balaban J connectivity index is 2.27. The predicted octanol–water partition coefficient (Wildman–Crippen LogP) is 3.95. The van der Waals surface area contributed by atoms with Crippen molar-refractivity contribution in [1.82, 2.24) is 5.32 Å². The molecular formula is C22H30N2O3S. The molecule has 0 saturated heterocycles. The fourth-order valence-corrected chi connectivity index (χ4v) is 4.28. The summed E-state index contributed by atoms with van der Waals surface area (Å²) in [7, 11) is -3.60. The minimum atomic E-state index is -3.60. The van der Waals surface area contributed by atoms with Crippen molar-refractivity contribution in [2.24, 2.45) is 0 Å². The second-order valence-corrected chi connectivity index (χ2v) is 9.28. The lowest BCUT2D eigenvalue weighted by Gasteiger charge is -2.26. The van der Waals surface area contributed by atoms with Crippen molar-refractivity contribution in [3.05, 3.63) is 64.2 Å². The number of carbonyl (C=O) groups is 1. The van der Waals surface area contributed by atoms with Gasteiger partial charge >= 0.3 is 0 Å². The first-order valence-corrected chi connectivity index (χ1v) is 11.3. The standard InChI is InChI=1S/C22H30N2O3S/c1-7-20(19-12-11-15(2)13-17(19)4)23-22(25)14-24(28(6,26)27)21-10-8-9-16(3)18(21)5/h8-13,20H,7,14H2,1-6H3,(H,23,25). The van der Waals surface area contributed by atoms with Gasteiger partial charge in [0.05, 0.1) is 18.0 Å². The molecule has 0 bridgehead atoms. The number of hydrogen-bond acceptors (Lipinski definition) is 3. The topological polar surface area (TPSA) is 66.5 Å². The summed E-state index contributed by atoms with van der Waals surface area (Å²) in [5.41, 5.74) is 5.70. The first-order valence-electron chi connectivity index (χ1n) is 9.45. The van der Waals surface area contributed by atoms with Gasteiger partial charge in [0.15, 0.2) is 0 Å². The number of benzene rings is 2. The number of nitrogens with zero attached hydrogens (tertiary/aromatic N) is 1. The average molecular weight is 403 g/mol. The van der Waals surface area contributed by atoms with Gasteiger partial charge in [-0.25, -0.2) is 8.42 Å². The van der Waals surface area contributed by atoms with Crippen LogP contribution in [0.4, 0.5) is 5.69 Å². The molecule has 28 heavy (non-hydrogen) atoms. The van der Waals surface area contributed by atoms with Crippen LogP contribution in [0, 0.1) is 27.7 Å². The molecule has 0 aliphatic carbocycles. The van der Waals surface area contributed by atoms with Gasteiger partial charge in [-0.1, -0.05) is 42.8 Å². The molecule has 0 fully saturated rings. The number of nitrogens with one attached hydrogen (secondary N) is 1. The number of sulfonamides is 1. The van der Waals surface area contributed by atoms with E-state index < -0.39 is 10.0 Å². The lowest BCUT2D eigenvalue weighted by Crippen LogP contribution is -2.42. The highest BCUT2D eigenvalue weighted by Gasteiger charge is 2.24. The van der Waals surface area contributed by atoms with Crippen LogP contribution < -0.4 is 9.62 Å². The Hall–Kier alpha value is -2.34. The summed E-state index contributed by atoms with van der Waals surface area (Å²) in [5, 5.41) is 3.00. The highest BCUT2D eigenvalue weighted by molar-refractivity contribution is 7.92. The van der Waals surface area contributed by atoms with Crippen molar-refractivity contribution in [3.8, 4) is 0 Å². The zero-order chi connectivity index (χ0) is 21.1. The van der Waals surface area contributed by atoms with Crippen LogP contribution in [0.15, 0.2) is 36.4 Å².